The predicted molar refractivity (Wildman–Crippen MR) is 59.7 cm³/mol. The van der Waals surface area contributed by atoms with Gasteiger partial charge >= 0.3 is 5.97 Å². The van der Waals surface area contributed by atoms with Crippen LogP contribution in [0.1, 0.15) is 6.42 Å². The van der Waals surface area contributed by atoms with Gasteiger partial charge in [0.2, 0.25) is 11.2 Å². The molecule has 1 aliphatic heterocycles. The van der Waals surface area contributed by atoms with E-state index in [2.05, 4.69) is 25.3 Å². The topological polar surface area (TPSA) is 93.2 Å². The van der Waals surface area contributed by atoms with Crippen molar-refractivity contribution in [2.24, 2.45) is 0 Å². The highest BCUT2D eigenvalue weighted by Crippen LogP contribution is 2.25. The van der Waals surface area contributed by atoms with Gasteiger partial charge < -0.3 is 15.4 Å². The summed E-state index contributed by atoms with van der Waals surface area (Å²) in [6.07, 6.45) is 1.31. The van der Waals surface area contributed by atoms with E-state index >= 15 is 0 Å². The van der Waals surface area contributed by atoms with Gasteiger partial charge in [-0.15, -0.1) is 0 Å². The molecule has 2 rings (SSSR count). The van der Waals surface area contributed by atoms with Gasteiger partial charge in [-0.25, -0.2) is 4.98 Å². The molecule has 0 radical (unpaired) electrons. The number of aromatic nitrogens is 2. The second-order valence-electron chi connectivity index (χ2n) is 3.37. The maximum atomic E-state index is 11.6. The second-order valence-corrected chi connectivity index (χ2v) is 3.71. The summed E-state index contributed by atoms with van der Waals surface area (Å²) in [6.45, 7) is 0. The number of amides is 1. The van der Waals surface area contributed by atoms with Gasteiger partial charge in [0, 0.05) is 0 Å². The zero-order chi connectivity index (χ0) is 12.4. The van der Waals surface area contributed by atoms with Crippen molar-refractivity contribution in [3.05, 3.63) is 11.5 Å². The van der Waals surface area contributed by atoms with Gasteiger partial charge in [0.1, 0.15) is 11.7 Å². The van der Waals surface area contributed by atoms with E-state index in [9.17, 15) is 9.59 Å². The van der Waals surface area contributed by atoms with Crippen molar-refractivity contribution in [1.82, 2.24) is 9.97 Å². The standard InChI is InChI=1S/C9H9ClN4O3/c1-17-6(15)2-4-8(16)13-5-3-11-9(10)14-7(5)12-4/h3-4H,2H2,1H3,(H,13,16)(H,11,12,14)/t4-/m0/s1. The van der Waals surface area contributed by atoms with Crippen LogP contribution in [0.2, 0.25) is 5.28 Å². The molecule has 2 N–H and O–H groups in total. The van der Waals surface area contributed by atoms with E-state index < -0.39 is 12.0 Å². The Balaban J connectivity index is 2.19. The predicted octanol–water partition coefficient (Wildman–Crippen LogP) is 0.426. The summed E-state index contributed by atoms with van der Waals surface area (Å²) >= 11 is 5.63. The van der Waals surface area contributed by atoms with Crippen LogP contribution in [0, 0.1) is 0 Å². The fraction of sp³-hybridized carbons (Fsp3) is 0.333. The quantitative estimate of drug-likeness (QED) is 0.589. The molecule has 7 nitrogen and oxygen atoms in total. The smallest absolute Gasteiger partial charge is 0.308 e. The van der Waals surface area contributed by atoms with Crippen LogP contribution in [-0.2, 0) is 14.3 Å². The van der Waals surface area contributed by atoms with E-state index in [4.69, 9.17) is 11.6 Å². The molecule has 90 valence electrons. The number of anilines is 2. The van der Waals surface area contributed by atoms with Crippen molar-refractivity contribution >= 4 is 35.0 Å². The number of esters is 1. The van der Waals surface area contributed by atoms with Crippen LogP contribution in [0.4, 0.5) is 11.5 Å². The molecule has 17 heavy (non-hydrogen) atoms. The van der Waals surface area contributed by atoms with Crippen LogP contribution in [0.3, 0.4) is 0 Å². The van der Waals surface area contributed by atoms with Gasteiger partial charge in [0.15, 0.2) is 5.82 Å². The number of rotatable bonds is 2. The zero-order valence-electron chi connectivity index (χ0n) is 8.86. The van der Waals surface area contributed by atoms with E-state index in [1.807, 2.05) is 0 Å². The third-order valence-corrected chi connectivity index (χ3v) is 2.43. The first-order valence-electron chi connectivity index (χ1n) is 4.77. The van der Waals surface area contributed by atoms with Crippen LogP contribution < -0.4 is 10.6 Å². The minimum atomic E-state index is -0.721. The molecule has 1 aromatic heterocycles. The van der Waals surface area contributed by atoms with Crippen molar-refractivity contribution in [3.63, 3.8) is 0 Å². The van der Waals surface area contributed by atoms with Gasteiger partial charge in [0.25, 0.3) is 0 Å². The summed E-state index contributed by atoms with van der Waals surface area (Å²) in [5.74, 6) is -0.437. The normalized spacial score (nSPS) is 17.8. The highest BCUT2D eigenvalue weighted by molar-refractivity contribution is 6.28. The van der Waals surface area contributed by atoms with Gasteiger partial charge in [0.05, 0.1) is 19.7 Å². The summed E-state index contributed by atoms with van der Waals surface area (Å²) in [5, 5.41) is 5.44. The number of hydrogen-bond donors (Lipinski definition) is 2. The van der Waals surface area contributed by atoms with E-state index in [1.54, 1.807) is 0 Å². The Kier molecular flexibility index (Phi) is 3.10. The molecular formula is C9H9ClN4O3. The second kappa shape index (κ2) is 4.54. The Labute approximate surface area is 102 Å². The number of carbonyl (C=O) groups is 2. The molecule has 0 spiro atoms. The molecule has 1 amide bonds. The van der Waals surface area contributed by atoms with Crippen molar-refractivity contribution in [2.75, 3.05) is 17.7 Å². The van der Waals surface area contributed by atoms with Crippen LogP contribution in [0.5, 0.6) is 0 Å². The fourth-order valence-corrected chi connectivity index (χ4v) is 1.54. The number of ether oxygens (including phenoxy) is 1. The van der Waals surface area contributed by atoms with Gasteiger partial charge in [-0.1, -0.05) is 0 Å². The summed E-state index contributed by atoms with van der Waals surface area (Å²) in [6, 6.07) is -0.721. The first-order valence-corrected chi connectivity index (χ1v) is 5.14. The third-order valence-electron chi connectivity index (χ3n) is 2.24. The minimum absolute atomic E-state index is 0.0595. The van der Waals surface area contributed by atoms with Crippen molar-refractivity contribution < 1.29 is 14.3 Å². The highest BCUT2D eigenvalue weighted by Gasteiger charge is 2.29. The lowest BCUT2D eigenvalue weighted by atomic mass is 10.1. The first kappa shape index (κ1) is 11.6. The van der Waals surface area contributed by atoms with Gasteiger partial charge in [-0.3, -0.25) is 9.59 Å². The Morgan fingerprint density at radius 1 is 1.65 bits per heavy atom. The monoisotopic (exact) mass is 256 g/mol. The van der Waals surface area contributed by atoms with E-state index in [-0.39, 0.29) is 17.6 Å². The first-order chi connectivity index (χ1) is 8.10. The maximum absolute atomic E-state index is 11.6. The molecule has 1 aromatic rings. The average molecular weight is 257 g/mol. The van der Waals surface area contributed by atoms with Crippen LogP contribution >= 0.6 is 11.6 Å². The molecule has 2 heterocycles. The zero-order valence-corrected chi connectivity index (χ0v) is 9.61. The Bertz CT molecular complexity index is 479. The van der Waals surface area contributed by atoms with Crippen LogP contribution in [0.25, 0.3) is 0 Å². The lowest BCUT2D eigenvalue weighted by molar-refractivity contribution is -0.142. The molecule has 1 aliphatic rings. The molecule has 0 unspecified atom stereocenters. The van der Waals surface area contributed by atoms with Crippen LogP contribution in [0.15, 0.2) is 6.20 Å². The number of carbonyl (C=O) groups excluding carboxylic acids is 2. The number of nitrogens with zero attached hydrogens (tertiary/aromatic N) is 2. The molecule has 0 saturated carbocycles. The lowest BCUT2D eigenvalue weighted by Crippen LogP contribution is -2.41. The van der Waals surface area contributed by atoms with E-state index in [0.717, 1.165) is 0 Å². The molecule has 8 heteroatoms. The third kappa shape index (κ3) is 2.44. The summed E-state index contributed by atoms with van der Waals surface area (Å²) in [5.41, 5.74) is 0.431. The molecule has 0 fully saturated rings. The molecule has 1 atom stereocenters. The largest absolute Gasteiger partial charge is 0.469 e. The Morgan fingerprint density at radius 3 is 3.12 bits per heavy atom. The molecule has 0 bridgehead atoms. The van der Waals surface area contributed by atoms with E-state index in [1.165, 1.54) is 13.3 Å². The van der Waals surface area contributed by atoms with E-state index in [0.29, 0.717) is 11.5 Å². The minimum Gasteiger partial charge on any atom is -0.469 e. The summed E-state index contributed by atoms with van der Waals surface area (Å²) in [7, 11) is 1.26. The number of halogens is 1. The average Bonchev–Trinajstić information content (AvgIpc) is 2.30. The van der Waals surface area contributed by atoms with Crippen molar-refractivity contribution in [1.29, 1.82) is 0 Å². The Hall–Kier alpha value is -1.89. The number of nitrogens with one attached hydrogen (secondary N) is 2. The van der Waals surface area contributed by atoms with Gasteiger partial charge in [-0.05, 0) is 11.6 Å². The molecule has 0 saturated heterocycles. The Morgan fingerprint density at radius 2 is 2.41 bits per heavy atom. The SMILES string of the molecule is COC(=O)C[C@@H]1Nc2nc(Cl)ncc2NC1=O. The number of fused-ring (bicyclic) bond motifs is 1. The number of methoxy groups -OCH3 is 1. The summed E-state index contributed by atoms with van der Waals surface area (Å²) < 4.78 is 4.50. The van der Waals surface area contributed by atoms with Crippen molar-refractivity contribution in [2.45, 2.75) is 12.5 Å². The van der Waals surface area contributed by atoms with Crippen molar-refractivity contribution in [3.8, 4) is 0 Å². The van der Waals surface area contributed by atoms with Gasteiger partial charge in [-0.2, -0.15) is 4.98 Å². The highest BCUT2D eigenvalue weighted by atomic mass is 35.5. The fourth-order valence-electron chi connectivity index (χ4n) is 1.41. The van der Waals surface area contributed by atoms with Crippen LogP contribution in [-0.4, -0.2) is 35.0 Å². The molecule has 0 aromatic carbocycles. The maximum Gasteiger partial charge on any atom is 0.308 e. The number of hydrogen-bond acceptors (Lipinski definition) is 6. The molecule has 0 aliphatic carbocycles. The summed E-state index contributed by atoms with van der Waals surface area (Å²) in [4.78, 5) is 30.4. The lowest BCUT2D eigenvalue weighted by Gasteiger charge is -2.24. The molecular weight excluding hydrogens is 248 g/mol.